The predicted octanol–water partition coefficient (Wildman–Crippen LogP) is 6.78. The molecule has 0 atom stereocenters. The second kappa shape index (κ2) is 8.42. The largest absolute Gasteiger partial charge is 0.478 e. The van der Waals surface area contributed by atoms with Crippen molar-refractivity contribution in [1.29, 1.82) is 0 Å². The number of aromatic nitrogens is 2. The number of carboxylic acid groups (broad SMARTS) is 1. The van der Waals surface area contributed by atoms with Gasteiger partial charge in [0.05, 0.1) is 32.8 Å². The Balaban J connectivity index is 2.11. The van der Waals surface area contributed by atoms with Crippen LogP contribution in [0.1, 0.15) is 31.8 Å². The van der Waals surface area contributed by atoms with Gasteiger partial charge in [0.25, 0.3) is 5.91 Å². The maximum Gasteiger partial charge on any atom is 0.417 e. The average molecular weight is 513 g/mol. The molecule has 0 aliphatic rings. The van der Waals surface area contributed by atoms with Gasteiger partial charge >= 0.3 is 18.3 Å². The molecule has 0 radical (unpaired) electrons. The summed E-state index contributed by atoms with van der Waals surface area (Å²) in [4.78, 5) is 25.0. The molecule has 3 aromatic carbocycles. The number of alkyl halides is 6. The molecule has 0 aliphatic carbocycles. The van der Waals surface area contributed by atoms with E-state index >= 15 is 0 Å². The van der Waals surface area contributed by atoms with Crippen molar-refractivity contribution in [3.63, 3.8) is 0 Å². The van der Waals surface area contributed by atoms with Crippen molar-refractivity contribution < 1.29 is 41.0 Å². The summed E-state index contributed by atoms with van der Waals surface area (Å²) in [6, 6.07) is 10.3. The molecule has 0 unspecified atom stereocenters. The number of hydrogen-bond acceptors (Lipinski definition) is 3. The highest BCUT2D eigenvalue weighted by molar-refractivity contribution is 6.34. The molecule has 1 heterocycles. The van der Waals surface area contributed by atoms with Crippen molar-refractivity contribution in [2.45, 2.75) is 12.4 Å². The number of carboxylic acids is 1. The van der Waals surface area contributed by atoms with Crippen LogP contribution >= 0.6 is 11.6 Å². The molecule has 4 aromatic rings. The maximum atomic E-state index is 13.9. The first kappa shape index (κ1) is 24.3. The van der Waals surface area contributed by atoms with Crippen LogP contribution in [0, 0.1) is 0 Å². The van der Waals surface area contributed by atoms with Gasteiger partial charge in [-0.1, -0.05) is 41.9 Å². The van der Waals surface area contributed by atoms with E-state index < -0.39 is 68.1 Å². The maximum absolute atomic E-state index is 13.9. The molecule has 1 N–H and O–H groups in total. The van der Waals surface area contributed by atoms with Gasteiger partial charge in [-0.3, -0.25) is 4.79 Å². The van der Waals surface area contributed by atoms with Crippen molar-refractivity contribution in [3.05, 3.63) is 87.9 Å². The van der Waals surface area contributed by atoms with E-state index in [9.17, 15) is 41.0 Å². The molecule has 180 valence electrons. The van der Waals surface area contributed by atoms with Crippen LogP contribution in [0.2, 0.25) is 5.02 Å². The lowest BCUT2D eigenvalue weighted by atomic mass is 9.99. The van der Waals surface area contributed by atoms with Crippen LogP contribution in [0.3, 0.4) is 0 Å². The molecular weight excluding hydrogens is 502 g/mol. The molecule has 12 heteroatoms. The van der Waals surface area contributed by atoms with E-state index in [2.05, 4.69) is 5.10 Å². The van der Waals surface area contributed by atoms with Crippen molar-refractivity contribution in [2.24, 2.45) is 0 Å². The lowest BCUT2D eigenvalue weighted by Crippen LogP contribution is -2.20. The summed E-state index contributed by atoms with van der Waals surface area (Å²) in [6.45, 7) is 0. The number of hydrogen-bond donors (Lipinski definition) is 1. The third-order valence-corrected chi connectivity index (χ3v) is 5.47. The van der Waals surface area contributed by atoms with Crippen LogP contribution in [0.25, 0.3) is 22.2 Å². The van der Waals surface area contributed by atoms with Gasteiger partial charge < -0.3 is 5.11 Å². The number of benzene rings is 3. The summed E-state index contributed by atoms with van der Waals surface area (Å²) >= 11 is 5.91. The minimum Gasteiger partial charge on any atom is -0.478 e. The van der Waals surface area contributed by atoms with E-state index in [-0.39, 0.29) is 5.56 Å². The number of rotatable bonds is 3. The van der Waals surface area contributed by atoms with Gasteiger partial charge in [-0.05, 0) is 30.3 Å². The van der Waals surface area contributed by atoms with Crippen LogP contribution in [0.4, 0.5) is 26.3 Å². The van der Waals surface area contributed by atoms with E-state index in [0.717, 1.165) is 30.3 Å². The number of halogens is 7. The first-order valence-electron chi connectivity index (χ1n) is 9.64. The molecule has 0 saturated heterocycles. The normalized spacial score (nSPS) is 12.2. The van der Waals surface area contributed by atoms with Crippen LogP contribution < -0.4 is 0 Å². The highest BCUT2D eigenvalue weighted by Gasteiger charge is 2.39. The van der Waals surface area contributed by atoms with Crippen LogP contribution in [-0.2, 0) is 12.4 Å². The number of carbonyl (C=O) groups is 2. The fourth-order valence-electron chi connectivity index (χ4n) is 3.71. The van der Waals surface area contributed by atoms with Crippen LogP contribution in [0.5, 0.6) is 0 Å². The lowest BCUT2D eigenvalue weighted by Gasteiger charge is -2.13. The molecule has 1 aromatic heterocycles. The van der Waals surface area contributed by atoms with Gasteiger partial charge in [0.2, 0.25) is 0 Å². The summed E-state index contributed by atoms with van der Waals surface area (Å²) in [7, 11) is 0. The zero-order valence-corrected chi connectivity index (χ0v) is 17.8. The van der Waals surface area contributed by atoms with E-state index in [4.69, 9.17) is 11.6 Å². The number of aromatic carboxylic acids is 1. The average Bonchev–Trinajstić information content (AvgIpc) is 3.16. The van der Waals surface area contributed by atoms with Gasteiger partial charge in [-0.15, -0.1) is 0 Å². The Hall–Kier alpha value is -3.86. The van der Waals surface area contributed by atoms with Gasteiger partial charge in [-0.2, -0.15) is 36.1 Å². The molecule has 0 spiro atoms. The van der Waals surface area contributed by atoms with Gasteiger partial charge in [-0.25, -0.2) is 4.79 Å². The van der Waals surface area contributed by atoms with E-state index in [1.54, 1.807) is 0 Å². The summed E-state index contributed by atoms with van der Waals surface area (Å²) in [5.74, 6) is -2.92. The number of nitrogens with zero attached hydrogens (tertiary/aromatic N) is 2. The SMILES string of the molecule is O=C(O)c1ccccc1-c1nn(C(=O)c2c(Cl)cccc2C(F)(F)F)c2cccc(C(F)(F)F)c12. The summed E-state index contributed by atoms with van der Waals surface area (Å²) in [5, 5.41) is 12.2. The zero-order valence-electron chi connectivity index (χ0n) is 17.1. The second-order valence-electron chi connectivity index (χ2n) is 7.27. The van der Waals surface area contributed by atoms with Gasteiger partial charge in [0.1, 0.15) is 5.69 Å². The van der Waals surface area contributed by atoms with Crippen molar-refractivity contribution in [2.75, 3.05) is 0 Å². The lowest BCUT2D eigenvalue weighted by molar-refractivity contribution is -0.138. The monoisotopic (exact) mass is 512 g/mol. The Morgan fingerprint density at radius 2 is 1.43 bits per heavy atom. The summed E-state index contributed by atoms with van der Waals surface area (Å²) in [6.07, 6.45) is -9.96. The number of carbonyl (C=O) groups excluding carboxylic acids is 1. The van der Waals surface area contributed by atoms with Gasteiger partial charge in [0, 0.05) is 10.9 Å². The highest BCUT2D eigenvalue weighted by Crippen LogP contribution is 2.41. The number of fused-ring (bicyclic) bond motifs is 1. The Bertz CT molecular complexity index is 1490. The third-order valence-electron chi connectivity index (χ3n) is 5.15. The first-order chi connectivity index (χ1) is 16.3. The summed E-state index contributed by atoms with van der Waals surface area (Å²) < 4.78 is 82.8. The minimum absolute atomic E-state index is 0.261. The van der Waals surface area contributed by atoms with Gasteiger partial charge in [0.15, 0.2) is 0 Å². The molecule has 0 aliphatic heterocycles. The quantitative estimate of drug-likeness (QED) is 0.307. The Morgan fingerprint density at radius 3 is 2.06 bits per heavy atom. The van der Waals surface area contributed by atoms with Crippen molar-refractivity contribution in [3.8, 4) is 11.3 Å². The Labute approximate surface area is 197 Å². The minimum atomic E-state index is -5.01. The highest BCUT2D eigenvalue weighted by atomic mass is 35.5. The first-order valence-corrected chi connectivity index (χ1v) is 10.0. The smallest absolute Gasteiger partial charge is 0.417 e. The molecule has 0 bridgehead atoms. The molecule has 4 rings (SSSR count). The zero-order chi connectivity index (χ0) is 25.7. The molecule has 35 heavy (non-hydrogen) atoms. The van der Waals surface area contributed by atoms with E-state index in [1.807, 2.05) is 0 Å². The van der Waals surface area contributed by atoms with Crippen LogP contribution in [0.15, 0.2) is 60.7 Å². The van der Waals surface area contributed by atoms with Crippen molar-refractivity contribution in [1.82, 2.24) is 9.78 Å². The predicted molar refractivity (Wildman–Crippen MR) is 113 cm³/mol. The van der Waals surface area contributed by atoms with E-state index in [0.29, 0.717) is 16.8 Å². The Kier molecular flexibility index (Phi) is 5.84. The fourth-order valence-corrected chi connectivity index (χ4v) is 3.96. The fraction of sp³-hybridized carbons (Fsp3) is 0.0870. The Morgan fingerprint density at radius 1 is 0.829 bits per heavy atom. The molecule has 0 fully saturated rings. The summed E-state index contributed by atoms with van der Waals surface area (Å²) in [5.41, 5.74) is -5.37. The topological polar surface area (TPSA) is 72.2 Å². The third kappa shape index (κ3) is 4.23. The van der Waals surface area contributed by atoms with E-state index in [1.165, 1.54) is 18.2 Å². The standard InChI is InChI=1S/C23H11ClF6N2O3/c24-15-9-3-7-13(22(25,26)27)17(15)20(33)32-16-10-4-8-14(23(28,29)30)18(16)19(31-32)11-5-1-2-6-12(11)21(34)35/h1-10H,(H,34,35). The second-order valence-corrected chi connectivity index (χ2v) is 7.68. The molecular formula is C23H11ClF6N2O3. The van der Waals surface area contributed by atoms with Crippen LogP contribution in [-0.4, -0.2) is 26.8 Å². The molecule has 0 amide bonds. The van der Waals surface area contributed by atoms with Crippen molar-refractivity contribution >= 4 is 34.4 Å². The molecule has 5 nitrogen and oxygen atoms in total. The molecule has 0 saturated carbocycles.